The van der Waals surface area contributed by atoms with Crippen molar-refractivity contribution >= 4 is 29.2 Å². The van der Waals surface area contributed by atoms with Crippen LogP contribution < -0.4 is 21.1 Å². The molecule has 34 heavy (non-hydrogen) atoms. The number of anilines is 1. The average Bonchev–Trinajstić information content (AvgIpc) is 2.83. The quantitative estimate of drug-likeness (QED) is 0.673. The second-order valence-electron chi connectivity index (χ2n) is 9.05. The molecule has 1 aliphatic heterocycles. The Bertz CT molecular complexity index is 1070. The van der Waals surface area contributed by atoms with Gasteiger partial charge in [0.15, 0.2) is 0 Å². The van der Waals surface area contributed by atoms with E-state index in [0.29, 0.717) is 43.5 Å². The smallest absolute Gasteiger partial charge is 0.321 e. The van der Waals surface area contributed by atoms with E-state index in [4.69, 9.17) is 11.6 Å². The van der Waals surface area contributed by atoms with Gasteiger partial charge in [-0.3, -0.25) is 19.8 Å². The molecule has 1 aromatic heterocycles. The van der Waals surface area contributed by atoms with Crippen molar-refractivity contribution in [1.29, 1.82) is 0 Å². The van der Waals surface area contributed by atoms with Gasteiger partial charge in [0, 0.05) is 32.2 Å². The third-order valence-electron chi connectivity index (χ3n) is 6.66. The van der Waals surface area contributed by atoms with Crippen molar-refractivity contribution in [3.8, 4) is 5.69 Å². The van der Waals surface area contributed by atoms with Gasteiger partial charge in [0.25, 0.3) is 5.56 Å². The molecule has 10 heteroatoms. The highest BCUT2D eigenvalue weighted by atomic mass is 35.5. The number of nitrogens with zero attached hydrogens (tertiary/aromatic N) is 4. The Hall–Kier alpha value is -2.91. The molecule has 0 spiro atoms. The van der Waals surface area contributed by atoms with E-state index in [2.05, 4.69) is 22.7 Å². The molecule has 2 fully saturated rings. The Morgan fingerprint density at radius 1 is 1.09 bits per heavy atom. The van der Waals surface area contributed by atoms with Crippen LogP contribution in [0, 0.1) is 5.92 Å². The monoisotopic (exact) mass is 486 g/mol. The van der Waals surface area contributed by atoms with Gasteiger partial charge < -0.3 is 10.2 Å². The van der Waals surface area contributed by atoms with E-state index >= 15 is 0 Å². The predicted molar refractivity (Wildman–Crippen MR) is 132 cm³/mol. The Balaban J connectivity index is 1.28. The van der Waals surface area contributed by atoms with Crippen molar-refractivity contribution in [2.75, 3.05) is 37.6 Å². The summed E-state index contributed by atoms with van der Waals surface area (Å²) in [5.41, 5.74) is 0.869. The minimum absolute atomic E-state index is 0.124. The maximum absolute atomic E-state index is 12.7. The van der Waals surface area contributed by atoms with Crippen LogP contribution in [0.15, 0.2) is 41.3 Å². The van der Waals surface area contributed by atoms with Crippen molar-refractivity contribution in [2.45, 2.75) is 38.6 Å². The van der Waals surface area contributed by atoms with Gasteiger partial charge in [-0.25, -0.2) is 4.79 Å². The summed E-state index contributed by atoms with van der Waals surface area (Å²) in [7, 11) is 0. The van der Waals surface area contributed by atoms with E-state index < -0.39 is 6.03 Å². The number of amides is 3. The molecule has 2 aliphatic rings. The second-order valence-corrected chi connectivity index (χ2v) is 9.43. The lowest BCUT2D eigenvalue weighted by Gasteiger charge is -2.35. The molecule has 0 radical (unpaired) electrons. The molecule has 1 aromatic carbocycles. The number of aromatic nitrogens is 2. The first-order valence-corrected chi connectivity index (χ1v) is 12.2. The van der Waals surface area contributed by atoms with Gasteiger partial charge in [-0.2, -0.15) is 9.78 Å². The fraction of sp³-hybridized carbons (Fsp3) is 0.500. The van der Waals surface area contributed by atoms with Gasteiger partial charge in [0.2, 0.25) is 5.91 Å². The SMILES string of the molecule is C[C@@H]1CCCC[C@@H]1NC(=O)NC(=O)CN1CCN(c2cnn(-c3ccccc3)c(=O)c2Cl)CC1. The Kier molecular flexibility index (Phi) is 7.84. The summed E-state index contributed by atoms with van der Waals surface area (Å²) in [6.07, 6.45) is 5.96. The van der Waals surface area contributed by atoms with E-state index in [-0.39, 0.29) is 29.1 Å². The minimum Gasteiger partial charge on any atom is -0.366 e. The van der Waals surface area contributed by atoms with Crippen LogP contribution in [0.25, 0.3) is 5.69 Å². The van der Waals surface area contributed by atoms with E-state index in [1.807, 2.05) is 28.0 Å². The lowest BCUT2D eigenvalue weighted by Crippen LogP contribution is -2.53. The number of hydrogen-bond donors (Lipinski definition) is 2. The number of rotatable bonds is 5. The summed E-state index contributed by atoms with van der Waals surface area (Å²) in [4.78, 5) is 41.3. The third-order valence-corrected chi connectivity index (χ3v) is 7.02. The van der Waals surface area contributed by atoms with Crippen molar-refractivity contribution in [1.82, 2.24) is 25.3 Å². The van der Waals surface area contributed by atoms with E-state index in [0.717, 1.165) is 19.3 Å². The molecule has 2 aromatic rings. The van der Waals surface area contributed by atoms with Crippen LogP contribution in [0.2, 0.25) is 5.02 Å². The molecular weight excluding hydrogens is 456 g/mol. The molecule has 4 rings (SSSR count). The summed E-state index contributed by atoms with van der Waals surface area (Å²) in [5, 5.41) is 9.82. The highest BCUT2D eigenvalue weighted by Crippen LogP contribution is 2.24. The summed E-state index contributed by atoms with van der Waals surface area (Å²) in [5.74, 6) is 0.110. The normalized spacial score (nSPS) is 21.2. The Morgan fingerprint density at radius 3 is 2.50 bits per heavy atom. The largest absolute Gasteiger partial charge is 0.366 e. The number of imide groups is 1. The van der Waals surface area contributed by atoms with Gasteiger partial charge in [0.1, 0.15) is 5.02 Å². The highest BCUT2D eigenvalue weighted by molar-refractivity contribution is 6.33. The zero-order valence-corrected chi connectivity index (χ0v) is 20.1. The third kappa shape index (κ3) is 5.77. The number of benzene rings is 1. The summed E-state index contributed by atoms with van der Waals surface area (Å²) < 4.78 is 1.28. The molecule has 0 unspecified atom stereocenters. The minimum atomic E-state index is -0.417. The maximum atomic E-state index is 12.7. The number of carbonyl (C=O) groups is 2. The number of piperazine rings is 1. The van der Waals surface area contributed by atoms with Crippen LogP contribution in [0.1, 0.15) is 32.6 Å². The fourth-order valence-corrected chi connectivity index (χ4v) is 4.90. The van der Waals surface area contributed by atoms with Crippen LogP contribution in [-0.2, 0) is 4.79 Å². The van der Waals surface area contributed by atoms with Gasteiger partial charge in [-0.15, -0.1) is 0 Å². The van der Waals surface area contributed by atoms with Crippen LogP contribution >= 0.6 is 11.6 Å². The zero-order chi connectivity index (χ0) is 24.1. The molecule has 2 N–H and O–H groups in total. The number of nitrogens with one attached hydrogen (secondary N) is 2. The number of para-hydroxylation sites is 1. The average molecular weight is 487 g/mol. The first kappa shape index (κ1) is 24.2. The lowest BCUT2D eigenvalue weighted by molar-refractivity contribution is -0.121. The van der Waals surface area contributed by atoms with E-state index in [1.165, 1.54) is 11.1 Å². The highest BCUT2D eigenvalue weighted by Gasteiger charge is 2.25. The second kappa shape index (κ2) is 11.0. The maximum Gasteiger partial charge on any atom is 0.321 e. The van der Waals surface area contributed by atoms with Gasteiger partial charge in [-0.05, 0) is 30.9 Å². The predicted octanol–water partition coefficient (Wildman–Crippen LogP) is 2.41. The topological polar surface area (TPSA) is 99.6 Å². The molecule has 2 atom stereocenters. The molecule has 2 heterocycles. The fourth-order valence-electron chi connectivity index (χ4n) is 4.65. The van der Waals surface area contributed by atoms with Crippen LogP contribution in [0.4, 0.5) is 10.5 Å². The zero-order valence-electron chi connectivity index (χ0n) is 19.4. The first-order chi connectivity index (χ1) is 16.4. The molecule has 1 saturated heterocycles. The van der Waals surface area contributed by atoms with Crippen LogP contribution in [0.3, 0.4) is 0 Å². The Morgan fingerprint density at radius 2 is 1.79 bits per heavy atom. The van der Waals surface area contributed by atoms with Gasteiger partial charge in [0.05, 0.1) is 24.1 Å². The molecule has 0 bridgehead atoms. The summed E-state index contributed by atoms with van der Waals surface area (Å²) in [6.45, 7) is 4.67. The molecule has 182 valence electrons. The van der Waals surface area contributed by atoms with Crippen molar-refractivity contribution in [3.05, 3.63) is 51.9 Å². The lowest BCUT2D eigenvalue weighted by atomic mass is 9.86. The van der Waals surface area contributed by atoms with Crippen molar-refractivity contribution in [2.24, 2.45) is 5.92 Å². The number of urea groups is 1. The molecule has 3 amide bonds. The number of hydrogen-bond acceptors (Lipinski definition) is 6. The standard InChI is InChI=1S/C24H31ClN6O3/c1-17-7-5-6-10-19(17)27-24(34)28-21(32)16-29-11-13-30(14-12-29)20-15-26-31(23(33)22(20)25)18-8-3-2-4-9-18/h2-4,8-9,15,17,19H,5-7,10-14,16H2,1H3,(H2,27,28,32,34)/t17-,19+/m1/s1. The van der Waals surface area contributed by atoms with Crippen LogP contribution in [0.5, 0.6) is 0 Å². The van der Waals surface area contributed by atoms with Crippen LogP contribution in [-0.4, -0.2) is 65.4 Å². The molecule has 1 aliphatic carbocycles. The number of halogens is 1. The van der Waals surface area contributed by atoms with Crippen molar-refractivity contribution in [3.63, 3.8) is 0 Å². The Labute approximate surface area is 204 Å². The van der Waals surface area contributed by atoms with Gasteiger partial charge in [-0.1, -0.05) is 49.6 Å². The summed E-state index contributed by atoms with van der Waals surface area (Å²) >= 11 is 6.41. The molecule has 9 nitrogen and oxygen atoms in total. The molecule has 1 saturated carbocycles. The summed E-state index contributed by atoms with van der Waals surface area (Å²) in [6, 6.07) is 8.84. The van der Waals surface area contributed by atoms with Gasteiger partial charge >= 0.3 is 6.03 Å². The molecular formula is C24H31ClN6O3. The first-order valence-electron chi connectivity index (χ1n) is 11.8. The van der Waals surface area contributed by atoms with E-state index in [9.17, 15) is 14.4 Å². The number of carbonyl (C=O) groups excluding carboxylic acids is 2. The van der Waals surface area contributed by atoms with E-state index in [1.54, 1.807) is 18.3 Å². The van der Waals surface area contributed by atoms with Crippen molar-refractivity contribution < 1.29 is 9.59 Å².